The number of benzene rings is 1. The molecule has 1 aromatic rings. The zero-order chi connectivity index (χ0) is 18.7. The van der Waals surface area contributed by atoms with Gasteiger partial charge in [0.25, 0.3) is 0 Å². The Morgan fingerprint density at radius 1 is 1.15 bits per heavy atom. The molecular weight excluding hydrogens is 336 g/mol. The average Bonchev–Trinajstić information content (AvgIpc) is 3.26. The van der Waals surface area contributed by atoms with Gasteiger partial charge in [-0.3, -0.25) is 19.3 Å². The van der Waals surface area contributed by atoms with Gasteiger partial charge in [0.05, 0.1) is 20.3 Å². The Balaban J connectivity index is 1.70. The molecule has 1 atom stereocenters. The van der Waals surface area contributed by atoms with E-state index in [0.29, 0.717) is 18.0 Å². The molecule has 7 heteroatoms. The van der Waals surface area contributed by atoms with Crippen molar-refractivity contribution < 1.29 is 23.9 Å². The summed E-state index contributed by atoms with van der Waals surface area (Å²) in [6.45, 7) is 0.833. The standard InChI is InChI=1S/C19H24N2O5/c1-25-13-5-6-14(16(12-13)26-2)15-4-3-10-20(15)19(24)9-11-21-17(22)7-8-18(21)23/h5-6,12,15H,3-4,7-11H2,1-2H3. The van der Waals surface area contributed by atoms with E-state index in [4.69, 9.17) is 9.47 Å². The van der Waals surface area contributed by atoms with Crippen LogP contribution >= 0.6 is 0 Å². The minimum atomic E-state index is -0.183. The number of nitrogens with zero attached hydrogens (tertiary/aromatic N) is 2. The van der Waals surface area contributed by atoms with Gasteiger partial charge in [-0.1, -0.05) is 0 Å². The number of rotatable bonds is 6. The molecular formula is C19H24N2O5. The monoisotopic (exact) mass is 360 g/mol. The molecule has 2 fully saturated rings. The van der Waals surface area contributed by atoms with Crippen LogP contribution in [0.1, 0.15) is 43.7 Å². The van der Waals surface area contributed by atoms with E-state index in [0.717, 1.165) is 18.4 Å². The normalized spacial score (nSPS) is 20.0. The summed E-state index contributed by atoms with van der Waals surface area (Å²) in [7, 11) is 3.20. The van der Waals surface area contributed by atoms with Crippen molar-refractivity contribution in [3.63, 3.8) is 0 Å². The number of methoxy groups -OCH3 is 2. The molecule has 7 nitrogen and oxygen atoms in total. The topological polar surface area (TPSA) is 76.2 Å². The van der Waals surface area contributed by atoms with Gasteiger partial charge < -0.3 is 14.4 Å². The zero-order valence-electron chi connectivity index (χ0n) is 15.2. The van der Waals surface area contributed by atoms with Crippen LogP contribution in [0.25, 0.3) is 0 Å². The van der Waals surface area contributed by atoms with Crippen LogP contribution in [0.5, 0.6) is 11.5 Å². The summed E-state index contributed by atoms with van der Waals surface area (Å²) in [6.07, 6.45) is 2.43. The first-order valence-corrected chi connectivity index (χ1v) is 8.89. The third kappa shape index (κ3) is 3.52. The number of hydrogen-bond acceptors (Lipinski definition) is 5. The second kappa shape index (κ2) is 7.76. The Morgan fingerprint density at radius 2 is 1.88 bits per heavy atom. The Morgan fingerprint density at radius 3 is 2.54 bits per heavy atom. The lowest BCUT2D eigenvalue weighted by atomic mass is 10.0. The summed E-state index contributed by atoms with van der Waals surface area (Å²) in [4.78, 5) is 39.2. The van der Waals surface area contributed by atoms with E-state index in [2.05, 4.69) is 0 Å². The number of imide groups is 1. The van der Waals surface area contributed by atoms with Crippen molar-refractivity contribution in [3.8, 4) is 11.5 Å². The van der Waals surface area contributed by atoms with Crippen LogP contribution in [0.4, 0.5) is 0 Å². The van der Waals surface area contributed by atoms with Gasteiger partial charge in [0.15, 0.2) is 0 Å². The second-order valence-corrected chi connectivity index (χ2v) is 6.54. The number of ether oxygens (including phenoxy) is 2. The molecule has 3 rings (SSSR count). The van der Waals surface area contributed by atoms with Crippen molar-refractivity contribution in [2.75, 3.05) is 27.3 Å². The molecule has 0 aliphatic carbocycles. The maximum absolute atomic E-state index is 12.7. The van der Waals surface area contributed by atoms with Gasteiger partial charge in [-0.05, 0) is 25.0 Å². The first kappa shape index (κ1) is 18.2. The molecule has 1 unspecified atom stereocenters. The molecule has 0 bridgehead atoms. The maximum atomic E-state index is 12.7. The van der Waals surface area contributed by atoms with Gasteiger partial charge in [-0.2, -0.15) is 0 Å². The van der Waals surface area contributed by atoms with E-state index in [-0.39, 0.29) is 49.6 Å². The molecule has 0 aromatic heterocycles. The molecule has 140 valence electrons. The van der Waals surface area contributed by atoms with E-state index in [9.17, 15) is 14.4 Å². The van der Waals surface area contributed by atoms with E-state index >= 15 is 0 Å². The predicted octanol–water partition coefficient (Wildman–Crippen LogP) is 1.91. The first-order chi connectivity index (χ1) is 12.5. The summed E-state index contributed by atoms with van der Waals surface area (Å²) in [6, 6.07) is 5.55. The second-order valence-electron chi connectivity index (χ2n) is 6.54. The van der Waals surface area contributed by atoms with Gasteiger partial charge >= 0.3 is 0 Å². The van der Waals surface area contributed by atoms with Crippen molar-refractivity contribution in [1.29, 1.82) is 0 Å². The molecule has 0 radical (unpaired) electrons. The highest BCUT2D eigenvalue weighted by molar-refractivity contribution is 6.02. The van der Waals surface area contributed by atoms with Crippen molar-refractivity contribution in [3.05, 3.63) is 23.8 Å². The first-order valence-electron chi connectivity index (χ1n) is 8.89. The highest BCUT2D eigenvalue weighted by Crippen LogP contribution is 2.39. The average molecular weight is 360 g/mol. The van der Waals surface area contributed by atoms with Crippen LogP contribution in [0.2, 0.25) is 0 Å². The third-order valence-electron chi connectivity index (χ3n) is 5.08. The molecule has 3 amide bonds. The summed E-state index contributed by atoms with van der Waals surface area (Å²) in [5.41, 5.74) is 0.951. The molecule has 2 aliphatic heterocycles. The van der Waals surface area contributed by atoms with Gasteiger partial charge in [0.2, 0.25) is 17.7 Å². The molecule has 2 aliphatic rings. The Hall–Kier alpha value is -2.57. The van der Waals surface area contributed by atoms with Crippen LogP contribution < -0.4 is 9.47 Å². The highest BCUT2D eigenvalue weighted by Gasteiger charge is 2.34. The molecule has 0 N–H and O–H groups in total. The van der Waals surface area contributed by atoms with Crippen molar-refractivity contribution >= 4 is 17.7 Å². The summed E-state index contributed by atoms with van der Waals surface area (Å²) in [5, 5.41) is 0. The molecule has 1 aromatic carbocycles. The maximum Gasteiger partial charge on any atom is 0.229 e. The van der Waals surface area contributed by atoms with Crippen molar-refractivity contribution in [2.24, 2.45) is 0 Å². The fraction of sp³-hybridized carbons (Fsp3) is 0.526. The van der Waals surface area contributed by atoms with Crippen LogP contribution in [-0.4, -0.2) is 54.8 Å². The van der Waals surface area contributed by atoms with Gasteiger partial charge in [-0.25, -0.2) is 0 Å². The van der Waals surface area contributed by atoms with Gasteiger partial charge in [0, 0.05) is 44.0 Å². The fourth-order valence-electron chi connectivity index (χ4n) is 3.71. The van der Waals surface area contributed by atoms with E-state index in [1.165, 1.54) is 4.90 Å². The number of likely N-dealkylation sites (tertiary alicyclic amines) is 2. The van der Waals surface area contributed by atoms with Crippen molar-refractivity contribution in [1.82, 2.24) is 9.80 Å². The number of carbonyl (C=O) groups is 3. The quantitative estimate of drug-likeness (QED) is 0.725. The highest BCUT2D eigenvalue weighted by atomic mass is 16.5. The van der Waals surface area contributed by atoms with Crippen molar-refractivity contribution in [2.45, 2.75) is 38.1 Å². The molecule has 2 heterocycles. The zero-order valence-corrected chi connectivity index (χ0v) is 15.2. The lowest BCUT2D eigenvalue weighted by Gasteiger charge is -2.27. The number of carbonyl (C=O) groups excluding carboxylic acids is 3. The lowest BCUT2D eigenvalue weighted by molar-refractivity contribution is -0.139. The predicted molar refractivity (Wildman–Crippen MR) is 93.8 cm³/mol. The van der Waals surface area contributed by atoms with Gasteiger partial charge in [0.1, 0.15) is 11.5 Å². The van der Waals surface area contributed by atoms with E-state index in [1.807, 2.05) is 23.1 Å². The van der Waals surface area contributed by atoms with E-state index in [1.54, 1.807) is 14.2 Å². The summed E-state index contributed by atoms with van der Waals surface area (Å²) >= 11 is 0. The third-order valence-corrected chi connectivity index (χ3v) is 5.08. The fourth-order valence-corrected chi connectivity index (χ4v) is 3.71. The minimum absolute atomic E-state index is 0.0436. The smallest absolute Gasteiger partial charge is 0.229 e. The van der Waals surface area contributed by atoms with Crippen LogP contribution in [0.15, 0.2) is 18.2 Å². The number of hydrogen-bond donors (Lipinski definition) is 0. The largest absolute Gasteiger partial charge is 0.497 e. The van der Waals surface area contributed by atoms with Crippen LogP contribution in [0, 0.1) is 0 Å². The van der Waals surface area contributed by atoms with Crippen LogP contribution in [0.3, 0.4) is 0 Å². The van der Waals surface area contributed by atoms with Gasteiger partial charge in [-0.15, -0.1) is 0 Å². The van der Waals surface area contributed by atoms with E-state index < -0.39 is 0 Å². The Kier molecular flexibility index (Phi) is 5.44. The summed E-state index contributed by atoms with van der Waals surface area (Å²) in [5.74, 6) is 0.986. The molecule has 0 saturated carbocycles. The number of amides is 3. The SMILES string of the molecule is COc1ccc(C2CCCN2C(=O)CCN2C(=O)CCC2=O)c(OC)c1. The Bertz CT molecular complexity index is 702. The molecule has 0 spiro atoms. The van der Waals surface area contributed by atoms with Crippen LogP contribution in [-0.2, 0) is 14.4 Å². The molecule has 26 heavy (non-hydrogen) atoms. The minimum Gasteiger partial charge on any atom is -0.497 e. The molecule has 2 saturated heterocycles. The Labute approximate surface area is 152 Å². The lowest BCUT2D eigenvalue weighted by Crippen LogP contribution is -2.36. The summed E-state index contributed by atoms with van der Waals surface area (Å²) < 4.78 is 10.7.